The fourth-order valence-electron chi connectivity index (χ4n) is 1.84. The van der Waals surface area contributed by atoms with Crippen LogP contribution in [-0.2, 0) is 11.9 Å². The van der Waals surface area contributed by atoms with Crippen molar-refractivity contribution in [3.63, 3.8) is 0 Å². The molecule has 0 radical (unpaired) electrons. The Labute approximate surface area is 136 Å². The van der Waals surface area contributed by atoms with E-state index in [0.717, 1.165) is 11.1 Å². The Morgan fingerprint density at radius 2 is 2.19 bits per heavy atom. The van der Waals surface area contributed by atoms with Gasteiger partial charge in [-0.05, 0) is 12.1 Å². The van der Waals surface area contributed by atoms with Gasteiger partial charge in [-0.15, -0.1) is 0 Å². The molecule has 4 nitrogen and oxygen atoms in total. The summed E-state index contributed by atoms with van der Waals surface area (Å²) < 4.78 is 11.1. The SMILES string of the molecule is COc1cc(Cl)cc(CBr)c1OCc1cccnc1C#N. The van der Waals surface area contributed by atoms with Crippen molar-refractivity contribution in [2.24, 2.45) is 0 Å². The molecule has 0 N–H and O–H groups in total. The zero-order valence-electron chi connectivity index (χ0n) is 11.3. The first-order valence-corrected chi connectivity index (χ1v) is 7.58. The highest BCUT2D eigenvalue weighted by atomic mass is 79.9. The van der Waals surface area contributed by atoms with E-state index in [1.54, 1.807) is 25.4 Å². The lowest BCUT2D eigenvalue weighted by Crippen LogP contribution is -2.03. The molecule has 21 heavy (non-hydrogen) atoms. The Morgan fingerprint density at radius 1 is 1.38 bits per heavy atom. The average Bonchev–Trinajstić information content (AvgIpc) is 2.52. The second-order valence-electron chi connectivity index (χ2n) is 4.14. The quantitative estimate of drug-likeness (QED) is 0.747. The number of benzene rings is 1. The number of ether oxygens (including phenoxy) is 2. The van der Waals surface area contributed by atoms with Crippen LogP contribution >= 0.6 is 27.5 Å². The maximum Gasteiger partial charge on any atom is 0.165 e. The first-order chi connectivity index (χ1) is 10.2. The van der Waals surface area contributed by atoms with Crippen molar-refractivity contribution in [3.05, 3.63) is 52.3 Å². The van der Waals surface area contributed by atoms with E-state index in [1.165, 1.54) is 0 Å². The molecule has 2 aromatic rings. The lowest BCUT2D eigenvalue weighted by molar-refractivity contribution is 0.281. The van der Waals surface area contributed by atoms with E-state index >= 15 is 0 Å². The van der Waals surface area contributed by atoms with Gasteiger partial charge in [0.25, 0.3) is 0 Å². The molecular formula is C15H12BrClN2O2. The van der Waals surface area contributed by atoms with E-state index in [-0.39, 0.29) is 6.61 Å². The van der Waals surface area contributed by atoms with Gasteiger partial charge in [0.1, 0.15) is 18.4 Å². The van der Waals surface area contributed by atoms with E-state index in [0.29, 0.717) is 27.5 Å². The number of alkyl halides is 1. The predicted molar refractivity (Wildman–Crippen MR) is 83.9 cm³/mol. The van der Waals surface area contributed by atoms with Gasteiger partial charge < -0.3 is 9.47 Å². The van der Waals surface area contributed by atoms with Crippen molar-refractivity contribution >= 4 is 27.5 Å². The van der Waals surface area contributed by atoms with Gasteiger partial charge in [0.2, 0.25) is 0 Å². The molecule has 2 rings (SSSR count). The van der Waals surface area contributed by atoms with Crippen molar-refractivity contribution in [1.29, 1.82) is 5.26 Å². The third-order valence-electron chi connectivity index (χ3n) is 2.83. The van der Waals surface area contributed by atoms with Gasteiger partial charge in [-0.1, -0.05) is 33.6 Å². The second-order valence-corrected chi connectivity index (χ2v) is 5.14. The van der Waals surface area contributed by atoms with Gasteiger partial charge in [-0.3, -0.25) is 0 Å². The molecular weight excluding hydrogens is 356 g/mol. The third kappa shape index (κ3) is 3.66. The van der Waals surface area contributed by atoms with Gasteiger partial charge in [0, 0.05) is 33.7 Å². The van der Waals surface area contributed by atoms with E-state index in [1.807, 2.05) is 18.2 Å². The maximum absolute atomic E-state index is 9.04. The topological polar surface area (TPSA) is 55.1 Å². The summed E-state index contributed by atoms with van der Waals surface area (Å²) in [6.07, 6.45) is 1.58. The molecule has 1 heterocycles. The van der Waals surface area contributed by atoms with E-state index in [4.69, 9.17) is 26.3 Å². The van der Waals surface area contributed by atoms with Crippen LogP contribution in [0, 0.1) is 11.3 Å². The maximum atomic E-state index is 9.04. The lowest BCUT2D eigenvalue weighted by Gasteiger charge is -2.15. The molecule has 0 unspecified atom stereocenters. The zero-order chi connectivity index (χ0) is 15.2. The van der Waals surface area contributed by atoms with Crippen molar-refractivity contribution < 1.29 is 9.47 Å². The van der Waals surface area contributed by atoms with Crippen LogP contribution in [0.15, 0.2) is 30.5 Å². The van der Waals surface area contributed by atoms with Gasteiger partial charge in [0.15, 0.2) is 11.5 Å². The highest BCUT2D eigenvalue weighted by molar-refractivity contribution is 9.08. The van der Waals surface area contributed by atoms with Crippen LogP contribution in [0.5, 0.6) is 11.5 Å². The number of aromatic nitrogens is 1. The predicted octanol–water partition coefficient (Wildman–Crippen LogP) is 4.09. The van der Waals surface area contributed by atoms with Crippen LogP contribution in [0.4, 0.5) is 0 Å². The van der Waals surface area contributed by atoms with Crippen LogP contribution in [-0.4, -0.2) is 12.1 Å². The summed E-state index contributed by atoms with van der Waals surface area (Å²) in [5, 5.41) is 10.2. The summed E-state index contributed by atoms with van der Waals surface area (Å²) in [6, 6.07) is 9.12. The van der Waals surface area contributed by atoms with Crippen LogP contribution in [0.2, 0.25) is 5.02 Å². The molecule has 0 atom stereocenters. The minimum atomic E-state index is 0.231. The zero-order valence-corrected chi connectivity index (χ0v) is 13.6. The molecule has 0 saturated carbocycles. The molecule has 0 bridgehead atoms. The number of nitriles is 1. The summed E-state index contributed by atoms with van der Waals surface area (Å²) >= 11 is 9.44. The molecule has 0 fully saturated rings. The van der Waals surface area contributed by atoms with Crippen molar-refractivity contribution in [2.75, 3.05) is 7.11 Å². The largest absolute Gasteiger partial charge is 0.493 e. The second kappa shape index (κ2) is 7.30. The highest BCUT2D eigenvalue weighted by Gasteiger charge is 2.13. The van der Waals surface area contributed by atoms with E-state index in [2.05, 4.69) is 20.9 Å². The molecule has 1 aromatic carbocycles. The molecule has 0 aliphatic carbocycles. The summed E-state index contributed by atoms with van der Waals surface area (Å²) in [7, 11) is 1.56. The number of pyridine rings is 1. The van der Waals surface area contributed by atoms with E-state index in [9.17, 15) is 0 Å². The highest BCUT2D eigenvalue weighted by Crippen LogP contribution is 2.36. The minimum absolute atomic E-state index is 0.231. The molecule has 0 saturated heterocycles. The monoisotopic (exact) mass is 366 g/mol. The van der Waals surface area contributed by atoms with Crippen LogP contribution in [0.1, 0.15) is 16.8 Å². The number of hydrogen-bond donors (Lipinski definition) is 0. The summed E-state index contributed by atoms with van der Waals surface area (Å²) in [5.74, 6) is 1.16. The molecule has 6 heteroatoms. The molecule has 0 spiro atoms. The Balaban J connectivity index is 2.30. The molecule has 108 valence electrons. The average molecular weight is 368 g/mol. The first kappa shape index (κ1) is 15.6. The van der Waals surface area contributed by atoms with Crippen LogP contribution < -0.4 is 9.47 Å². The first-order valence-electron chi connectivity index (χ1n) is 6.08. The van der Waals surface area contributed by atoms with E-state index < -0.39 is 0 Å². The standard InChI is InChI=1S/C15H12BrClN2O2/c1-20-14-6-12(17)5-11(7-16)15(14)21-9-10-3-2-4-19-13(10)8-18/h2-6H,7,9H2,1H3. The van der Waals surface area contributed by atoms with Gasteiger partial charge in [-0.25, -0.2) is 4.98 Å². The van der Waals surface area contributed by atoms with Gasteiger partial charge >= 0.3 is 0 Å². The molecule has 0 aliphatic rings. The van der Waals surface area contributed by atoms with Crippen LogP contribution in [0.25, 0.3) is 0 Å². The molecule has 0 amide bonds. The van der Waals surface area contributed by atoms with Crippen molar-refractivity contribution in [1.82, 2.24) is 4.98 Å². The Morgan fingerprint density at radius 3 is 2.86 bits per heavy atom. The smallest absolute Gasteiger partial charge is 0.165 e. The normalized spacial score (nSPS) is 10.0. The lowest BCUT2D eigenvalue weighted by atomic mass is 10.2. The third-order valence-corrected chi connectivity index (χ3v) is 3.65. The van der Waals surface area contributed by atoms with Crippen molar-refractivity contribution in [3.8, 4) is 17.6 Å². The number of hydrogen-bond acceptors (Lipinski definition) is 4. The Kier molecular flexibility index (Phi) is 5.43. The summed E-state index contributed by atoms with van der Waals surface area (Å²) in [5.41, 5.74) is 1.95. The fraction of sp³-hybridized carbons (Fsp3) is 0.200. The summed E-state index contributed by atoms with van der Waals surface area (Å²) in [6.45, 7) is 0.231. The van der Waals surface area contributed by atoms with Crippen LogP contribution in [0.3, 0.4) is 0 Å². The van der Waals surface area contributed by atoms with Gasteiger partial charge in [-0.2, -0.15) is 5.26 Å². The minimum Gasteiger partial charge on any atom is -0.493 e. The molecule has 0 aliphatic heterocycles. The fourth-order valence-corrected chi connectivity index (χ4v) is 2.49. The van der Waals surface area contributed by atoms with Gasteiger partial charge in [0.05, 0.1) is 7.11 Å². The Hall–Kier alpha value is -1.77. The Bertz CT molecular complexity index is 661. The van der Waals surface area contributed by atoms with Crippen molar-refractivity contribution in [2.45, 2.75) is 11.9 Å². The number of methoxy groups -OCH3 is 1. The number of nitrogens with zero attached hydrogens (tertiary/aromatic N) is 2. The summed E-state index contributed by atoms with van der Waals surface area (Å²) in [4.78, 5) is 4.01. The number of halogens is 2. The number of rotatable bonds is 5. The molecule has 1 aromatic heterocycles.